The van der Waals surface area contributed by atoms with Gasteiger partial charge in [0.2, 0.25) is 5.91 Å². The minimum absolute atomic E-state index is 0.00197. The molecular formula is C19H24ClN3O3S2. The molecule has 9 heteroatoms. The third-order valence-corrected chi connectivity index (χ3v) is 8.35. The van der Waals surface area contributed by atoms with Crippen molar-refractivity contribution in [1.29, 1.82) is 0 Å². The highest BCUT2D eigenvalue weighted by atomic mass is 35.5. The molecule has 0 spiro atoms. The Balaban J connectivity index is 1.59. The number of benzene rings is 1. The minimum Gasteiger partial charge on any atom is -0.365 e. The molecule has 0 unspecified atom stereocenters. The number of halogens is 1. The Labute approximate surface area is 175 Å². The van der Waals surface area contributed by atoms with E-state index in [1.54, 1.807) is 11.0 Å². The Hall–Kier alpha value is -1.61. The molecule has 2 aromatic rings. The van der Waals surface area contributed by atoms with Gasteiger partial charge in [0.05, 0.1) is 10.9 Å². The third-order valence-electron chi connectivity index (χ3n) is 4.75. The van der Waals surface area contributed by atoms with E-state index in [2.05, 4.69) is 18.2 Å². The van der Waals surface area contributed by atoms with Crippen molar-refractivity contribution in [3.05, 3.63) is 45.8 Å². The minimum atomic E-state index is -3.55. The lowest BCUT2D eigenvalue weighted by Crippen LogP contribution is -2.52. The zero-order chi connectivity index (χ0) is 20.5. The van der Waals surface area contributed by atoms with Crippen LogP contribution in [0.2, 0.25) is 4.34 Å². The number of piperazine rings is 1. The molecule has 3 rings (SSSR count). The van der Waals surface area contributed by atoms with Gasteiger partial charge in [-0.25, -0.2) is 8.42 Å². The fraction of sp³-hybridized carbons (Fsp3) is 0.421. The highest BCUT2D eigenvalue weighted by Crippen LogP contribution is 2.28. The van der Waals surface area contributed by atoms with Crippen molar-refractivity contribution in [2.45, 2.75) is 18.1 Å². The second kappa shape index (κ2) is 8.41. The zero-order valence-corrected chi connectivity index (χ0v) is 18.6. The standard InChI is InChI=1S/C19H24ClN3O3S2/c1-14-10-15(2)12-16(11-14)21(3)13-18(24)22-6-8-23(9-7-22)28(25,26)19-5-4-17(20)27-19/h4-5,10-12H,6-9,13H2,1-3H3. The molecule has 152 valence electrons. The topological polar surface area (TPSA) is 60.9 Å². The molecule has 0 saturated carbocycles. The second-order valence-electron chi connectivity index (χ2n) is 7.05. The summed E-state index contributed by atoms with van der Waals surface area (Å²) in [4.78, 5) is 16.3. The Kier molecular flexibility index (Phi) is 6.34. The SMILES string of the molecule is Cc1cc(C)cc(N(C)CC(=O)N2CCN(S(=O)(=O)c3ccc(Cl)s3)CC2)c1. The van der Waals surface area contributed by atoms with Gasteiger partial charge in [0.25, 0.3) is 10.0 Å². The third kappa shape index (κ3) is 4.68. The van der Waals surface area contributed by atoms with Gasteiger partial charge in [-0.2, -0.15) is 4.31 Å². The van der Waals surface area contributed by atoms with Crippen LogP contribution in [-0.2, 0) is 14.8 Å². The Bertz CT molecular complexity index is 946. The number of thiophene rings is 1. The van der Waals surface area contributed by atoms with Gasteiger partial charge in [0.1, 0.15) is 4.21 Å². The Morgan fingerprint density at radius 2 is 1.71 bits per heavy atom. The molecule has 1 saturated heterocycles. The molecule has 1 aliphatic heterocycles. The van der Waals surface area contributed by atoms with Gasteiger partial charge in [-0.15, -0.1) is 11.3 Å². The number of sulfonamides is 1. The molecule has 0 radical (unpaired) electrons. The van der Waals surface area contributed by atoms with Crippen LogP contribution in [0.3, 0.4) is 0 Å². The molecule has 2 heterocycles. The van der Waals surface area contributed by atoms with E-state index >= 15 is 0 Å². The molecular weight excluding hydrogens is 418 g/mol. The molecule has 1 fully saturated rings. The average molecular weight is 442 g/mol. The summed E-state index contributed by atoms with van der Waals surface area (Å²) in [6.45, 7) is 5.68. The molecule has 6 nitrogen and oxygen atoms in total. The van der Waals surface area contributed by atoms with Crippen LogP contribution < -0.4 is 4.90 Å². The number of amides is 1. The van der Waals surface area contributed by atoms with Crippen molar-refractivity contribution < 1.29 is 13.2 Å². The van der Waals surface area contributed by atoms with E-state index in [-0.39, 0.29) is 29.8 Å². The largest absolute Gasteiger partial charge is 0.365 e. The van der Waals surface area contributed by atoms with E-state index in [0.29, 0.717) is 17.4 Å². The van der Waals surface area contributed by atoms with Crippen LogP contribution in [0.1, 0.15) is 11.1 Å². The first-order valence-corrected chi connectivity index (χ1v) is 11.6. The van der Waals surface area contributed by atoms with Gasteiger partial charge in [0, 0.05) is 38.9 Å². The van der Waals surface area contributed by atoms with Crippen molar-refractivity contribution >= 4 is 44.6 Å². The molecule has 1 aromatic heterocycles. The molecule has 0 N–H and O–H groups in total. The van der Waals surface area contributed by atoms with E-state index in [4.69, 9.17) is 11.6 Å². The van der Waals surface area contributed by atoms with E-state index in [0.717, 1.165) is 28.2 Å². The van der Waals surface area contributed by atoms with Crippen LogP contribution in [-0.4, -0.2) is 63.3 Å². The van der Waals surface area contributed by atoms with E-state index in [1.165, 1.54) is 10.4 Å². The number of anilines is 1. The number of carbonyl (C=O) groups is 1. The first-order chi connectivity index (χ1) is 13.2. The number of hydrogen-bond donors (Lipinski definition) is 0. The molecule has 0 bridgehead atoms. The van der Waals surface area contributed by atoms with Gasteiger partial charge in [-0.1, -0.05) is 17.7 Å². The van der Waals surface area contributed by atoms with Crippen LogP contribution in [0.4, 0.5) is 5.69 Å². The van der Waals surface area contributed by atoms with Crippen molar-refractivity contribution in [2.75, 3.05) is 44.7 Å². The van der Waals surface area contributed by atoms with Crippen molar-refractivity contribution in [3.63, 3.8) is 0 Å². The van der Waals surface area contributed by atoms with Gasteiger partial charge >= 0.3 is 0 Å². The summed E-state index contributed by atoms with van der Waals surface area (Å²) in [5.74, 6) is -0.00197. The van der Waals surface area contributed by atoms with Crippen molar-refractivity contribution in [1.82, 2.24) is 9.21 Å². The lowest BCUT2D eigenvalue weighted by Gasteiger charge is -2.34. The predicted molar refractivity (Wildman–Crippen MR) is 114 cm³/mol. The maximum Gasteiger partial charge on any atom is 0.252 e. The van der Waals surface area contributed by atoms with Crippen LogP contribution in [0.25, 0.3) is 0 Å². The van der Waals surface area contributed by atoms with E-state index in [1.807, 2.05) is 25.8 Å². The predicted octanol–water partition coefficient (Wildman–Crippen LogP) is 2.99. The number of likely N-dealkylation sites (N-methyl/N-ethyl adjacent to an activating group) is 1. The van der Waals surface area contributed by atoms with Gasteiger partial charge in [-0.05, 0) is 49.2 Å². The number of nitrogens with zero attached hydrogens (tertiary/aromatic N) is 3. The smallest absolute Gasteiger partial charge is 0.252 e. The van der Waals surface area contributed by atoms with E-state index in [9.17, 15) is 13.2 Å². The number of rotatable bonds is 5. The Morgan fingerprint density at radius 1 is 1.11 bits per heavy atom. The average Bonchev–Trinajstić information content (AvgIpc) is 3.08. The molecule has 0 atom stereocenters. The highest BCUT2D eigenvalue weighted by molar-refractivity contribution is 7.91. The fourth-order valence-electron chi connectivity index (χ4n) is 3.31. The van der Waals surface area contributed by atoms with Crippen LogP contribution in [0.5, 0.6) is 0 Å². The summed E-state index contributed by atoms with van der Waals surface area (Å²) in [6.07, 6.45) is 0. The summed E-state index contributed by atoms with van der Waals surface area (Å²) in [5, 5.41) is 0. The first kappa shape index (κ1) is 21.1. The maximum absolute atomic E-state index is 12.7. The number of aryl methyl sites for hydroxylation is 2. The maximum atomic E-state index is 12.7. The summed E-state index contributed by atoms with van der Waals surface area (Å²) >= 11 is 6.92. The second-order valence-corrected chi connectivity index (χ2v) is 10.9. The number of hydrogen-bond acceptors (Lipinski definition) is 5. The molecule has 28 heavy (non-hydrogen) atoms. The van der Waals surface area contributed by atoms with Crippen LogP contribution >= 0.6 is 22.9 Å². The fourth-order valence-corrected chi connectivity index (χ4v) is 6.37. The van der Waals surface area contributed by atoms with Gasteiger partial charge in [-0.3, -0.25) is 4.79 Å². The summed E-state index contributed by atoms with van der Waals surface area (Å²) in [7, 11) is -1.65. The lowest BCUT2D eigenvalue weighted by atomic mass is 10.1. The molecule has 1 aliphatic rings. The summed E-state index contributed by atoms with van der Waals surface area (Å²) in [6, 6.07) is 9.31. The van der Waals surface area contributed by atoms with Crippen molar-refractivity contribution in [2.24, 2.45) is 0 Å². The van der Waals surface area contributed by atoms with Gasteiger partial charge < -0.3 is 9.80 Å². The highest BCUT2D eigenvalue weighted by Gasteiger charge is 2.31. The quantitative estimate of drug-likeness (QED) is 0.715. The van der Waals surface area contributed by atoms with Crippen LogP contribution in [0.15, 0.2) is 34.5 Å². The first-order valence-electron chi connectivity index (χ1n) is 8.99. The molecule has 0 aliphatic carbocycles. The normalized spacial score (nSPS) is 15.6. The van der Waals surface area contributed by atoms with E-state index < -0.39 is 10.0 Å². The van der Waals surface area contributed by atoms with Crippen molar-refractivity contribution in [3.8, 4) is 0 Å². The Morgan fingerprint density at radius 3 is 2.25 bits per heavy atom. The molecule has 1 amide bonds. The van der Waals surface area contributed by atoms with Gasteiger partial charge in [0.15, 0.2) is 0 Å². The monoisotopic (exact) mass is 441 g/mol. The van der Waals surface area contributed by atoms with Crippen LogP contribution in [0, 0.1) is 13.8 Å². The summed E-state index contributed by atoms with van der Waals surface area (Å²) < 4.78 is 27.5. The lowest BCUT2D eigenvalue weighted by molar-refractivity contribution is -0.130. The summed E-state index contributed by atoms with van der Waals surface area (Å²) in [5.41, 5.74) is 3.31. The zero-order valence-electron chi connectivity index (χ0n) is 16.2. The number of carbonyl (C=O) groups excluding carboxylic acids is 1. The molecule has 1 aromatic carbocycles.